The first-order valence-electron chi connectivity index (χ1n) is 7.73. The highest BCUT2D eigenvalue weighted by Gasteiger charge is 2.05. The molecule has 1 heterocycles. The Bertz CT molecular complexity index is 815. The number of benzene rings is 2. The molecule has 0 saturated carbocycles. The minimum atomic E-state index is -0.0580. The van der Waals surface area contributed by atoms with Crippen LogP contribution in [0.3, 0.4) is 0 Å². The summed E-state index contributed by atoms with van der Waals surface area (Å²) >= 11 is 0. The molecule has 0 radical (unpaired) electrons. The van der Waals surface area contributed by atoms with Crippen LogP contribution >= 0.6 is 0 Å². The monoisotopic (exact) mass is 318 g/mol. The second kappa shape index (κ2) is 7.42. The zero-order valence-electron chi connectivity index (χ0n) is 13.4. The van der Waals surface area contributed by atoms with Gasteiger partial charge in [-0.1, -0.05) is 30.3 Å². The topological polar surface area (TPSA) is 51.2 Å². The van der Waals surface area contributed by atoms with Gasteiger partial charge in [-0.25, -0.2) is 0 Å². The van der Waals surface area contributed by atoms with Crippen molar-refractivity contribution in [2.75, 3.05) is 5.32 Å². The third-order valence-electron chi connectivity index (χ3n) is 3.45. The minimum absolute atomic E-state index is 0.0580. The minimum Gasteiger partial charge on any atom is -0.457 e. The summed E-state index contributed by atoms with van der Waals surface area (Å²) < 4.78 is 5.74. The Balaban J connectivity index is 1.58. The number of para-hydroxylation sites is 1. The second-order valence-corrected chi connectivity index (χ2v) is 5.47. The first-order valence-corrected chi connectivity index (χ1v) is 7.73. The van der Waals surface area contributed by atoms with E-state index >= 15 is 0 Å². The van der Waals surface area contributed by atoms with Gasteiger partial charge >= 0.3 is 0 Å². The average molecular weight is 318 g/mol. The van der Waals surface area contributed by atoms with Crippen LogP contribution in [0.25, 0.3) is 0 Å². The van der Waals surface area contributed by atoms with Crippen LogP contribution in [0.15, 0.2) is 72.9 Å². The summed E-state index contributed by atoms with van der Waals surface area (Å²) in [5, 5.41) is 2.88. The highest BCUT2D eigenvalue weighted by atomic mass is 16.5. The fourth-order valence-corrected chi connectivity index (χ4v) is 2.31. The number of rotatable bonds is 5. The van der Waals surface area contributed by atoms with E-state index in [9.17, 15) is 4.79 Å². The van der Waals surface area contributed by atoms with Gasteiger partial charge in [0, 0.05) is 17.6 Å². The van der Waals surface area contributed by atoms with Gasteiger partial charge in [0.2, 0.25) is 5.91 Å². The molecular formula is C20H18N2O2. The van der Waals surface area contributed by atoms with Gasteiger partial charge < -0.3 is 10.1 Å². The van der Waals surface area contributed by atoms with Crippen molar-refractivity contribution in [2.45, 2.75) is 13.3 Å². The average Bonchev–Trinajstić information content (AvgIpc) is 2.57. The van der Waals surface area contributed by atoms with Crippen LogP contribution in [-0.2, 0) is 11.2 Å². The molecule has 0 saturated heterocycles. The lowest BCUT2D eigenvalue weighted by Crippen LogP contribution is -2.14. The Morgan fingerprint density at radius 2 is 1.71 bits per heavy atom. The third kappa shape index (κ3) is 4.43. The number of aryl methyl sites for hydroxylation is 1. The lowest BCUT2D eigenvalue weighted by Gasteiger charge is -2.08. The van der Waals surface area contributed by atoms with Crippen molar-refractivity contribution in [2.24, 2.45) is 0 Å². The van der Waals surface area contributed by atoms with Crippen LogP contribution < -0.4 is 10.1 Å². The molecule has 24 heavy (non-hydrogen) atoms. The van der Waals surface area contributed by atoms with Crippen LogP contribution in [0.4, 0.5) is 5.69 Å². The molecule has 0 aliphatic heterocycles. The zero-order valence-corrected chi connectivity index (χ0v) is 13.4. The zero-order chi connectivity index (χ0) is 16.8. The molecule has 120 valence electrons. The van der Waals surface area contributed by atoms with Crippen LogP contribution in [0.1, 0.15) is 11.3 Å². The maximum atomic E-state index is 12.1. The van der Waals surface area contributed by atoms with Crippen molar-refractivity contribution in [3.63, 3.8) is 0 Å². The molecule has 2 aromatic carbocycles. The molecule has 0 aliphatic rings. The Morgan fingerprint density at radius 3 is 2.42 bits per heavy atom. The number of hydrogen-bond acceptors (Lipinski definition) is 3. The molecule has 4 nitrogen and oxygen atoms in total. The summed E-state index contributed by atoms with van der Waals surface area (Å²) in [4.78, 5) is 16.2. The van der Waals surface area contributed by atoms with Gasteiger partial charge in [0.1, 0.15) is 11.5 Å². The highest BCUT2D eigenvalue weighted by Crippen LogP contribution is 2.21. The fourth-order valence-electron chi connectivity index (χ4n) is 2.31. The van der Waals surface area contributed by atoms with Crippen molar-refractivity contribution in [3.05, 3.63) is 84.2 Å². The summed E-state index contributed by atoms with van der Waals surface area (Å²) in [5.74, 6) is 1.48. The van der Waals surface area contributed by atoms with Gasteiger partial charge in [-0.05, 0) is 48.9 Å². The van der Waals surface area contributed by atoms with E-state index < -0.39 is 0 Å². The maximum absolute atomic E-state index is 12.1. The van der Waals surface area contributed by atoms with E-state index in [0.29, 0.717) is 6.42 Å². The predicted octanol–water partition coefficient (Wildman–Crippen LogP) is 4.36. The highest BCUT2D eigenvalue weighted by molar-refractivity contribution is 5.92. The third-order valence-corrected chi connectivity index (χ3v) is 3.45. The normalized spacial score (nSPS) is 10.2. The van der Waals surface area contributed by atoms with Crippen LogP contribution in [0.2, 0.25) is 0 Å². The Labute approximate surface area is 141 Å². The quantitative estimate of drug-likeness (QED) is 0.760. The lowest BCUT2D eigenvalue weighted by atomic mass is 10.1. The standard InChI is InChI=1S/C20H18N2O2/c1-15-13-17(11-12-21-15)22-20(23)14-16-7-9-19(10-8-16)24-18-5-3-2-4-6-18/h2-13H,14H2,1H3,(H,21,22,23). The molecule has 4 heteroatoms. The van der Waals surface area contributed by atoms with Crippen molar-refractivity contribution in [1.29, 1.82) is 0 Å². The molecule has 0 bridgehead atoms. The molecule has 1 aromatic heterocycles. The Hall–Kier alpha value is -3.14. The summed E-state index contributed by atoms with van der Waals surface area (Å²) in [6.07, 6.45) is 1.99. The van der Waals surface area contributed by atoms with Gasteiger partial charge in [-0.2, -0.15) is 0 Å². The van der Waals surface area contributed by atoms with Gasteiger partial charge in [-0.15, -0.1) is 0 Å². The number of carbonyl (C=O) groups excluding carboxylic acids is 1. The fraction of sp³-hybridized carbons (Fsp3) is 0.100. The summed E-state index contributed by atoms with van der Waals surface area (Å²) in [5.41, 5.74) is 2.56. The molecule has 1 N–H and O–H groups in total. The number of ether oxygens (including phenoxy) is 1. The van der Waals surface area contributed by atoms with E-state index in [-0.39, 0.29) is 5.91 Å². The lowest BCUT2D eigenvalue weighted by molar-refractivity contribution is -0.115. The van der Waals surface area contributed by atoms with Gasteiger partial charge in [0.25, 0.3) is 0 Å². The summed E-state index contributed by atoms with van der Waals surface area (Å²) in [6.45, 7) is 1.89. The predicted molar refractivity (Wildman–Crippen MR) is 94.3 cm³/mol. The van der Waals surface area contributed by atoms with E-state index in [0.717, 1.165) is 28.4 Å². The van der Waals surface area contributed by atoms with E-state index in [1.807, 2.05) is 67.6 Å². The number of carbonyl (C=O) groups is 1. The summed E-state index contributed by atoms with van der Waals surface area (Å²) in [6, 6.07) is 20.7. The number of hydrogen-bond donors (Lipinski definition) is 1. The van der Waals surface area contributed by atoms with E-state index in [1.54, 1.807) is 12.3 Å². The van der Waals surface area contributed by atoms with Crippen molar-refractivity contribution >= 4 is 11.6 Å². The Morgan fingerprint density at radius 1 is 1.00 bits per heavy atom. The van der Waals surface area contributed by atoms with E-state index in [2.05, 4.69) is 10.3 Å². The van der Waals surface area contributed by atoms with E-state index in [4.69, 9.17) is 4.74 Å². The van der Waals surface area contributed by atoms with Gasteiger partial charge in [-0.3, -0.25) is 9.78 Å². The van der Waals surface area contributed by atoms with Gasteiger partial charge in [0.05, 0.1) is 6.42 Å². The largest absolute Gasteiger partial charge is 0.457 e. The first kappa shape index (κ1) is 15.7. The van der Waals surface area contributed by atoms with Crippen LogP contribution in [0, 0.1) is 6.92 Å². The van der Waals surface area contributed by atoms with Gasteiger partial charge in [0.15, 0.2) is 0 Å². The smallest absolute Gasteiger partial charge is 0.228 e. The molecule has 3 aromatic rings. The molecule has 1 amide bonds. The molecule has 0 spiro atoms. The maximum Gasteiger partial charge on any atom is 0.228 e. The van der Waals surface area contributed by atoms with Crippen LogP contribution in [0.5, 0.6) is 11.5 Å². The molecule has 0 aliphatic carbocycles. The second-order valence-electron chi connectivity index (χ2n) is 5.47. The molecule has 0 atom stereocenters. The van der Waals surface area contributed by atoms with Crippen molar-refractivity contribution < 1.29 is 9.53 Å². The molecule has 0 unspecified atom stereocenters. The molecule has 3 rings (SSSR count). The number of amides is 1. The summed E-state index contributed by atoms with van der Waals surface area (Å²) in [7, 11) is 0. The number of nitrogens with one attached hydrogen (secondary N) is 1. The van der Waals surface area contributed by atoms with E-state index in [1.165, 1.54) is 0 Å². The Kier molecular flexibility index (Phi) is 4.87. The van der Waals surface area contributed by atoms with Crippen LogP contribution in [-0.4, -0.2) is 10.9 Å². The number of pyridine rings is 1. The molecule has 0 fully saturated rings. The number of anilines is 1. The number of nitrogens with zero attached hydrogens (tertiary/aromatic N) is 1. The number of aromatic nitrogens is 1. The van der Waals surface area contributed by atoms with Crippen molar-refractivity contribution in [1.82, 2.24) is 4.98 Å². The first-order chi connectivity index (χ1) is 11.7. The SMILES string of the molecule is Cc1cc(NC(=O)Cc2ccc(Oc3ccccc3)cc2)ccn1. The van der Waals surface area contributed by atoms with Crippen molar-refractivity contribution in [3.8, 4) is 11.5 Å². The molecular weight excluding hydrogens is 300 g/mol.